The minimum Gasteiger partial charge on any atom is -0.278 e. The number of benzene rings is 10. The van der Waals surface area contributed by atoms with Gasteiger partial charge < -0.3 is 0 Å². The van der Waals surface area contributed by atoms with Crippen LogP contribution in [0.4, 0.5) is 0 Å². The molecule has 0 radical (unpaired) electrons. The van der Waals surface area contributed by atoms with Crippen molar-refractivity contribution in [3.63, 3.8) is 0 Å². The van der Waals surface area contributed by atoms with Crippen molar-refractivity contribution in [2.75, 3.05) is 0 Å². The summed E-state index contributed by atoms with van der Waals surface area (Å²) in [7, 11) is 0. The number of hydrogen-bond acceptors (Lipinski definition) is 2. The van der Waals surface area contributed by atoms with E-state index in [4.69, 9.17) is 9.97 Å². The van der Waals surface area contributed by atoms with Crippen molar-refractivity contribution in [2.24, 2.45) is 0 Å². The highest BCUT2D eigenvalue weighted by Gasteiger charge is 2.23. The van der Waals surface area contributed by atoms with E-state index in [1.807, 2.05) is 6.07 Å². The first-order valence-electron chi connectivity index (χ1n) is 23.3. The maximum absolute atomic E-state index is 5.49. The third-order valence-electron chi connectivity index (χ3n) is 13.7. The first kappa shape index (κ1) is 40.7. The second kappa shape index (κ2) is 16.2. The van der Waals surface area contributed by atoms with Gasteiger partial charge in [0.2, 0.25) is 11.6 Å². The molecular formula is C62H38Br2N6. The molecule has 0 aliphatic carbocycles. The zero-order valence-electron chi connectivity index (χ0n) is 37.4. The molecule has 4 heterocycles. The molecule has 14 aromatic rings. The first-order chi connectivity index (χ1) is 34.5. The number of aromatic nitrogens is 6. The molecule has 0 atom stereocenters. The molecule has 14 rings (SSSR count). The Morgan fingerprint density at radius 2 is 0.729 bits per heavy atom. The fourth-order valence-corrected chi connectivity index (χ4v) is 11.4. The van der Waals surface area contributed by atoms with Gasteiger partial charge >= 0.3 is 0 Å². The fraction of sp³-hybridized carbons (Fsp3) is 0. The van der Waals surface area contributed by atoms with Gasteiger partial charge in [-0.25, -0.2) is 9.97 Å². The number of rotatable bonds is 7. The molecule has 4 aromatic heterocycles. The summed E-state index contributed by atoms with van der Waals surface area (Å²) in [5.74, 6) is 1.71. The number of hydrogen-bond donors (Lipinski definition) is 0. The number of para-hydroxylation sites is 5. The van der Waals surface area contributed by atoms with E-state index in [0.717, 1.165) is 132 Å². The summed E-state index contributed by atoms with van der Waals surface area (Å²) in [6.45, 7) is 0. The Labute approximate surface area is 419 Å². The first-order valence-corrected chi connectivity index (χ1v) is 24.9. The van der Waals surface area contributed by atoms with Crippen molar-refractivity contribution in [1.29, 1.82) is 0 Å². The van der Waals surface area contributed by atoms with E-state index < -0.39 is 0 Å². The van der Waals surface area contributed by atoms with Crippen LogP contribution in [0.2, 0.25) is 0 Å². The lowest BCUT2D eigenvalue weighted by Crippen LogP contribution is -1.97. The number of halogens is 2. The monoisotopic (exact) mass is 1020 g/mol. The third kappa shape index (κ3) is 6.44. The van der Waals surface area contributed by atoms with Crippen molar-refractivity contribution in [3.8, 4) is 67.0 Å². The molecule has 70 heavy (non-hydrogen) atoms. The highest BCUT2D eigenvalue weighted by molar-refractivity contribution is 9.11. The van der Waals surface area contributed by atoms with E-state index in [1.54, 1.807) is 0 Å². The molecule has 0 amide bonds. The molecular weight excluding hydrogens is 989 g/mol. The van der Waals surface area contributed by atoms with Crippen LogP contribution in [0.5, 0.6) is 0 Å². The molecule has 330 valence electrons. The SMILES string of the molecule is Brc1ccc(-c2ccc(-c3cc(-c4ccccc4)cc(-n4c5ccccc5n5c6c(Br)cccc6nc45)c3)cc2)c2c1nc1n(-c3cc(-c4ccccc4)cc(-c4ccccc4)c3)c3ccccc3n21. The smallest absolute Gasteiger partial charge is 0.220 e. The molecule has 0 fully saturated rings. The molecule has 0 spiro atoms. The predicted molar refractivity (Wildman–Crippen MR) is 295 cm³/mol. The summed E-state index contributed by atoms with van der Waals surface area (Å²) < 4.78 is 11.2. The Balaban J connectivity index is 0.940. The average molecular weight is 1030 g/mol. The maximum Gasteiger partial charge on any atom is 0.220 e. The average Bonchev–Trinajstić information content (AvgIpc) is 4.17. The molecule has 0 unspecified atom stereocenters. The minimum absolute atomic E-state index is 0.847. The van der Waals surface area contributed by atoms with E-state index in [9.17, 15) is 0 Å². The lowest BCUT2D eigenvalue weighted by Gasteiger charge is -2.13. The number of fused-ring (bicyclic) bond motifs is 10. The highest BCUT2D eigenvalue weighted by atomic mass is 79.9. The summed E-state index contributed by atoms with van der Waals surface area (Å²) in [5.41, 5.74) is 21.7. The molecule has 6 nitrogen and oxygen atoms in total. The Morgan fingerprint density at radius 1 is 0.300 bits per heavy atom. The van der Waals surface area contributed by atoms with Crippen LogP contribution in [0.15, 0.2) is 239 Å². The Morgan fingerprint density at radius 3 is 1.24 bits per heavy atom. The van der Waals surface area contributed by atoms with Crippen LogP contribution >= 0.6 is 31.9 Å². The van der Waals surface area contributed by atoms with Crippen molar-refractivity contribution >= 4 is 87.5 Å². The predicted octanol–water partition coefficient (Wildman–Crippen LogP) is 17.0. The molecule has 0 saturated heterocycles. The normalized spacial score (nSPS) is 11.9. The van der Waals surface area contributed by atoms with Crippen molar-refractivity contribution in [3.05, 3.63) is 239 Å². The van der Waals surface area contributed by atoms with Crippen LogP contribution in [-0.4, -0.2) is 27.9 Å². The van der Waals surface area contributed by atoms with E-state index in [2.05, 4.69) is 274 Å². The molecule has 0 bridgehead atoms. The fourth-order valence-electron chi connectivity index (χ4n) is 10.5. The minimum atomic E-state index is 0.847. The van der Waals surface area contributed by atoms with Crippen LogP contribution in [0, 0.1) is 0 Å². The van der Waals surface area contributed by atoms with Gasteiger partial charge in [0.25, 0.3) is 0 Å². The lowest BCUT2D eigenvalue weighted by atomic mass is 9.96. The van der Waals surface area contributed by atoms with Gasteiger partial charge in [0.1, 0.15) is 5.52 Å². The summed E-state index contributed by atoms with van der Waals surface area (Å²) >= 11 is 7.78. The van der Waals surface area contributed by atoms with Crippen molar-refractivity contribution in [2.45, 2.75) is 0 Å². The van der Waals surface area contributed by atoms with Gasteiger partial charge in [-0.3, -0.25) is 17.9 Å². The Bertz CT molecular complexity index is 4300. The zero-order valence-corrected chi connectivity index (χ0v) is 40.6. The molecule has 8 heteroatoms. The standard InChI is InChI=1S/C62H38Br2N6/c63-51-32-31-50(59-58(51)66-62-68(54-23-10-12-25-56(54)69(59)62)49-36-44(39-15-4-1-5-16-39)33-45(37-49)40-17-6-2-7-18-40)43-29-27-42(28-30-43)47-34-46(41-19-8-3-9-20-41)35-48(38-47)67-55-24-11-13-26-57(55)70-60-52(64)21-14-22-53(60)65-61(67)70/h1-38H. The molecule has 0 N–H and O–H groups in total. The second-order valence-electron chi connectivity index (χ2n) is 17.8. The van der Waals surface area contributed by atoms with E-state index >= 15 is 0 Å². The summed E-state index contributed by atoms with van der Waals surface area (Å²) in [6, 6.07) is 82.4. The van der Waals surface area contributed by atoms with Gasteiger partial charge in [-0.05, 0) is 161 Å². The molecule has 10 aromatic carbocycles. The van der Waals surface area contributed by atoms with Gasteiger partial charge in [-0.1, -0.05) is 152 Å². The van der Waals surface area contributed by atoms with Crippen molar-refractivity contribution < 1.29 is 0 Å². The molecule has 0 saturated carbocycles. The topological polar surface area (TPSA) is 44.5 Å². The van der Waals surface area contributed by atoms with Crippen LogP contribution in [0.1, 0.15) is 0 Å². The summed E-state index contributed by atoms with van der Waals surface area (Å²) in [5, 5.41) is 0. The van der Waals surface area contributed by atoms with Crippen LogP contribution in [0.25, 0.3) is 123 Å². The Kier molecular flexibility index (Phi) is 9.41. The quantitative estimate of drug-likeness (QED) is 0.160. The number of imidazole rings is 4. The summed E-state index contributed by atoms with van der Waals surface area (Å²) in [6.07, 6.45) is 0. The third-order valence-corrected chi connectivity index (χ3v) is 15.0. The van der Waals surface area contributed by atoms with E-state index in [0.29, 0.717) is 0 Å². The molecule has 0 aliphatic rings. The van der Waals surface area contributed by atoms with Gasteiger partial charge in [0, 0.05) is 14.5 Å². The Hall–Kier alpha value is -8.30. The lowest BCUT2D eigenvalue weighted by molar-refractivity contribution is 1.11. The zero-order chi connectivity index (χ0) is 46.5. The van der Waals surface area contributed by atoms with Crippen molar-refractivity contribution in [1.82, 2.24) is 27.9 Å². The maximum atomic E-state index is 5.49. The summed E-state index contributed by atoms with van der Waals surface area (Å²) in [4.78, 5) is 10.7. The van der Waals surface area contributed by atoms with Crippen LogP contribution in [-0.2, 0) is 0 Å². The van der Waals surface area contributed by atoms with E-state index in [1.165, 1.54) is 0 Å². The largest absolute Gasteiger partial charge is 0.278 e. The highest BCUT2D eigenvalue weighted by Crippen LogP contribution is 2.41. The van der Waals surface area contributed by atoms with Gasteiger partial charge in [0.05, 0.1) is 50.0 Å². The number of nitrogens with zero attached hydrogens (tertiary/aromatic N) is 6. The van der Waals surface area contributed by atoms with E-state index in [-0.39, 0.29) is 0 Å². The molecule has 0 aliphatic heterocycles. The van der Waals surface area contributed by atoms with Gasteiger partial charge in [-0.2, -0.15) is 0 Å². The second-order valence-corrected chi connectivity index (χ2v) is 19.5. The van der Waals surface area contributed by atoms with Gasteiger partial charge in [-0.15, -0.1) is 0 Å². The van der Waals surface area contributed by atoms with Crippen LogP contribution < -0.4 is 0 Å². The van der Waals surface area contributed by atoms with Crippen LogP contribution in [0.3, 0.4) is 0 Å². The van der Waals surface area contributed by atoms with Gasteiger partial charge in [0.15, 0.2) is 0 Å².